The molecule has 24 heavy (non-hydrogen) atoms. The first-order valence-corrected chi connectivity index (χ1v) is 7.44. The number of imide groups is 1. The minimum atomic E-state index is -0.669. The number of nitrogens with zero attached hydrogens (tertiary/aromatic N) is 2. The van der Waals surface area contributed by atoms with Crippen LogP contribution in [0.15, 0.2) is 53.6 Å². The molecule has 120 valence electrons. The van der Waals surface area contributed by atoms with Crippen molar-refractivity contribution in [1.82, 2.24) is 0 Å². The van der Waals surface area contributed by atoms with Gasteiger partial charge in [-0.1, -0.05) is 29.3 Å². The molecule has 8 heteroatoms. The Balaban J connectivity index is 2.02. The third-order valence-electron chi connectivity index (χ3n) is 3.46. The van der Waals surface area contributed by atoms with E-state index in [0.717, 1.165) is 4.90 Å². The van der Waals surface area contributed by atoms with E-state index < -0.39 is 16.7 Å². The molecule has 0 unspecified atom stereocenters. The average Bonchev–Trinajstić information content (AvgIpc) is 2.77. The zero-order chi connectivity index (χ0) is 17.4. The standard InChI is InChI=1S/C16H8Cl2N2O4/c17-10-2-1-3-12(8-10)19-15(21)13(14(18)16(19)22)9-4-6-11(7-5-9)20(23)24/h1-8H. The summed E-state index contributed by atoms with van der Waals surface area (Å²) in [6.45, 7) is 0. The van der Waals surface area contributed by atoms with Crippen LogP contribution in [0.4, 0.5) is 11.4 Å². The van der Waals surface area contributed by atoms with Crippen molar-refractivity contribution in [3.63, 3.8) is 0 Å². The van der Waals surface area contributed by atoms with Crippen LogP contribution in [0.2, 0.25) is 5.02 Å². The summed E-state index contributed by atoms with van der Waals surface area (Å²) in [6.07, 6.45) is 0. The lowest BCUT2D eigenvalue weighted by Gasteiger charge is -2.15. The Hall–Kier alpha value is -2.70. The number of rotatable bonds is 3. The van der Waals surface area contributed by atoms with Gasteiger partial charge in [-0.2, -0.15) is 0 Å². The van der Waals surface area contributed by atoms with Gasteiger partial charge in [0.05, 0.1) is 16.2 Å². The van der Waals surface area contributed by atoms with Crippen LogP contribution in [-0.4, -0.2) is 16.7 Å². The van der Waals surface area contributed by atoms with Gasteiger partial charge in [0.25, 0.3) is 17.5 Å². The van der Waals surface area contributed by atoms with Crippen LogP contribution in [0.5, 0.6) is 0 Å². The molecule has 0 saturated heterocycles. The topological polar surface area (TPSA) is 80.5 Å². The molecular weight excluding hydrogens is 355 g/mol. The van der Waals surface area contributed by atoms with E-state index in [0.29, 0.717) is 16.3 Å². The molecule has 0 N–H and O–H groups in total. The number of nitro groups is 1. The first kappa shape index (κ1) is 16.2. The molecule has 0 aliphatic carbocycles. The maximum atomic E-state index is 12.6. The van der Waals surface area contributed by atoms with Gasteiger partial charge in [0.15, 0.2) is 0 Å². The van der Waals surface area contributed by atoms with Gasteiger partial charge in [0, 0.05) is 17.2 Å². The van der Waals surface area contributed by atoms with E-state index in [1.54, 1.807) is 18.2 Å². The number of hydrogen-bond donors (Lipinski definition) is 0. The largest absolute Gasteiger partial charge is 0.277 e. The van der Waals surface area contributed by atoms with Crippen molar-refractivity contribution < 1.29 is 14.5 Å². The maximum absolute atomic E-state index is 12.6. The number of benzene rings is 2. The molecule has 3 rings (SSSR count). The van der Waals surface area contributed by atoms with Crippen LogP contribution >= 0.6 is 23.2 Å². The first-order valence-electron chi connectivity index (χ1n) is 6.69. The van der Waals surface area contributed by atoms with Crippen LogP contribution in [0.1, 0.15) is 5.56 Å². The predicted octanol–water partition coefficient (Wildman–Crippen LogP) is 3.77. The number of carbonyl (C=O) groups excluding carboxylic acids is 2. The lowest BCUT2D eigenvalue weighted by atomic mass is 10.1. The summed E-state index contributed by atoms with van der Waals surface area (Å²) in [6, 6.07) is 11.5. The van der Waals surface area contributed by atoms with Crippen molar-refractivity contribution in [2.45, 2.75) is 0 Å². The summed E-state index contributed by atoms with van der Waals surface area (Å²) < 4.78 is 0. The van der Waals surface area contributed by atoms with Crippen LogP contribution < -0.4 is 4.90 Å². The highest BCUT2D eigenvalue weighted by Crippen LogP contribution is 2.35. The van der Waals surface area contributed by atoms with Crippen LogP contribution in [0.3, 0.4) is 0 Å². The smallest absolute Gasteiger partial charge is 0.268 e. The zero-order valence-corrected chi connectivity index (χ0v) is 13.4. The van der Waals surface area contributed by atoms with Gasteiger partial charge in [0.1, 0.15) is 5.03 Å². The summed E-state index contributed by atoms with van der Waals surface area (Å²) >= 11 is 11.9. The van der Waals surface area contributed by atoms with Gasteiger partial charge in [-0.25, -0.2) is 4.90 Å². The first-order chi connectivity index (χ1) is 11.4. The summed E-state index contributed by atoms with van der Waals surface area (Å²) in [5.74, 6) is -1.28. The molecule has 0 atom stereocenters. The van der Waals surface area contributed by atoms with E-state index in [-0.39, 0.29) is 16.3 Å². The van der Waals surface area contributed by atoms with E-state index in [1.807, 2.05) is 0 Å². The molecule has 1 heterocycles. The second kappa shape index (κ2) is 6.07. The Morgan fingerprint density at radius 3 is 2.21 bits per heavy atom. The molecular formula is C16H8Cl2N2O4. The lowest BCUT2D eigenvalue weighted by molar-refractivity contribution is -0.384. The molecule has 6 nitrogen and oxygen atoms in total. The summed E-state index contributed by atoms with van der Waals surface area (Å²) in [5, 5.41) is 10.8. The third kappa shape index (κ3) is 2.66. The van der Waals surface area contributed by atoms with Crippen molar-refractivity contribution in [3.8, 4) is 0 Å². The second-order valence-corrected chi connectivity index (χ2v) is 5.73. The van der Waals surface area contributed by atoms with Gasteiger partial charge in [-0.3, -0.25) is 19.7 Å². The minimum Gasteiger partial charge on any atom is -0.268 e. The van der Waals surface area contributed by atoms with E-state index in [2.05, 4.69) is 0 Å². The number of hydrogen-bond acceptors (Lipinski definition) is 4. The maximum Gasteiger partial charge on any atom is 0.277 e. The highest BCUT2D eigenvalue weighted by Gasteiger charge is 2.39. The summed E-state index contributed by atoms with van der Waals surface area (Å²) in [4.78, 5) is 36.1. The van der Waals surface area contributed by atoms with Crippen molar-refractivity contribution in [3.05, 3.63) is 74.3 Å². The number of non-ortho nitro benzene ring substituents is 1. The Morgan fingerprint density at radius 2 is 1.62 bits per heavy atom. The normalized spacial score (nSPS) is 14.5. The van der Waals surface area contributed by atoms with Gasteiger partial charge in [-0.05, 0) is 35.9 Å². The van der Waals surface area contributed by atoms with E-state index in [9.17, 15) is 19.7 Å². The fraction of sp³-hybridized carbons (Fsp3) is 0. The van der Waals surface area contributed by atoms with Gasteiger partial charge >= 0.3 is 0 Å². The van der Waals surface area contributed by atoms with Crippen molar-refractivity contribution in [2.75, 3.05) is 4.90 Å². The Kier molecular flexibility index (Phi) is 4.09. The Morgan fingerprint density at radius 1 is 0.958 bits per heavy atom. The van der Waals surface area contributed by atoms with E-state index in [4.69, 9.17) is 23.2 Å². The molecule has 0 aromatic heterocycles. The number of amides is 2. The monoisotopic (exact) mass is 362 g/mol. The van der Waals surface area contributed by atoms with Crippen LogP contribution in [-0.2, 0) is 9.59 Å². The van der Waals surface area contributed by atoms with E-state index in [1.165, 1.54) is 30.3 Å². The Bertz CT molecular complexity index is 907. The molecule has 0 spiro atoms. The van der Waals surface area contributed by atoms with Crippen molar-refractivity contribution in [1.29, 1.82) is 0 Å². The van der Waals surface area contributed by atoms with Crippen molar-refractivity contribution >= 4 is 52.0 Å². The highest BCUT2D eigenvalue weighted by atomic mass is 35.5. The minimum absolute atomic E-state index is 0.00320. The van der Waals surface area contributed by atoms with Crippen molar-refractivity contribution in [2.24, 2.45) is 0 Å². The van der Waals surface area contributed by atoms with Gasteiger partial charge in [0.2, 0.25) is 0 Å². The molecule has 0 bridgehead atoms. The molecule has 1 aliphatic rings. The molecule has 2 amide bonds. The Labute approximate surface area is 146 Å². The number of nitro benzene ring substituents is 1. The SMILES string of the molecule is O=C1C(Cl)=C(c2ccc([N+](=O)[O-])cc2)C(=O)N1c1cccc(Cl)c1. The second-order valence-electron chi connectivity index (χ2n) is 4.92. The zero-order valence-electron chi connectivity index (χ0n) is 11.9. The number of halogens is 2. The summed E-state index contributed by atoms with van der Waals surface area (Å²) in [7, 11) is 0. The molecule has 2 aromatic rings. The van der Waals surface area contributed by atoms with E-state index >= 15 is 0 Å². The molecule has 0 radical (unpaired) electrons. The average molecular weight is 363 g/mol. The highest BCUT2D eigenvalue weighted by molar-refractivity contribution is 6.60. The lowest BCUT2D eigenvalue weighted by Crippen LogP contribution is -2.31. The fourth-order valence-corrected chi connectivity index (χ4v) is 2.81. The van der Waals surface area contributed by atoms with Crippen LogP contribution in [0, 0.1) is 10.1 Å². The van der Waals surface area contributed by atoms with Gasteiger partial charge in [-0.15, -0.1) is 0 Å². The quantitative estimate of drug-likeness (QED) is 0.472. The predicted molar refractivity (Wildman–Crippen MR) is 89.8 cm³/mol. The third-order valence-corrected chi connectivity index (χ3v) is 4.05. The fourth-order valence-electron chi connectivity index (χ4n) is 2.35. The molecule has 0 saturated carbocycles. The molecule has 2 aromatic carbocycles. The number of carbonyl (C=O) groups is 2. The molecule has 0 fully saturated rings. The van der Waals surface area contributed by atoms with Crippen LogP contribution in [0.25, 0.3) is 5.57 Å². The summed E-state index contributed by atoms with van der Waals surface area (Å²) in [5.41, 5.74) is 0.497. The molecule has 1 aliphatic heterocycles. The van der Waals surface area contributed by atoms with Gasteiger partial charge < -0.3 is 0 Å². The number of anilines is 1.